The fourth-order valence-corrected chi connectivity index (χ4v) is 2.60. The molecule has 0 spiro atoms. The van der Waals surface area contributed by atoms with Gasteiger partial charge in [0.05, 0.1) is 0 Å². The Morgan fingerprint density at radius 1 is 1.30 bits per heavy atom. The molecule has 0 heterocycles. The van der Waals surface area contributed by atoms with Crippen molar-refractivity contribution in [1.82, 2.24) is 15.5 Å². The van der Waals surface area contributed by atoms with Gasteiger partial charge in [0, 0.05) is 33.2 Å². The highest BCUT2D eigenvalue weighted by molar-refractivity contribution is 14.0. The zero-order valence-corrected chi connectivity index (χ0v) is 19.0. The van der Waals surface area contributed by atoms with E-state index in [1.807, 2.05) is 31.3 Å². The molecule has 0 saturated heterocycles. The summed E-state index contributed by atoms with van der Waals surface area (Å²) in [4.78, 5) is 18.1. The predicted octanol–water partition coefficient (Wildman–Crippen LogP) is 2.81. The molecule has 0 aliphatic heterocycles. The number of unbranched alkanes of at least 4 members (excludes halogenated alkanes) is 1. The second-order valence-corrected chi connectivity index (χ2v) is 6.77. The first-order valence-corrected chi connectivity index (χ1v) is 9.55. The number of rotatable bonds is 10. The van der Waals surface area contributed by atoms with Crippen LogP contribution in [0.5, 0.6) is 5.75 Å². The largest absolute Gasteiger partial charge is 0.484 e. The molecule has 7 heteroatoms. The lowest BCUT2D eigenvalue weighted by Crippen LogP contribution is -2.40. The third-order valence-electron chi connectivity index (χ3n) is 4.35. The van der Waals surface area contributed by atoms with Crippen molar-refractivity contribution in [2.75, 3.05) is 33.8 Å². The van der Waals surface area contributed by atoms with E-state index in [1.165, 1.54) is 12.0 Å². The summed E-state index contributed by atoms with van der Waals surface area (Å²) in [5, 5.41) is 6.31. The van der Waals surface area contributed by atoms with Gasteiger partial charge in [-0.05, 0) is 43.4 Å². The molecule has 27 heavy (non-hydrogen) atoms. The Hall–Kier alpha value is -1.51. The average Bonchev–Trinajstić information content (AvgIpc) is 3.46. The van der Waals surface area contributed by atoms with Gasteiger partial charge in [-0.2, -0.15) is 0 Å². The SMILES string of the molecule is CCCCN(C)C(=NC)NCCc1ccc(OCC(=O)NC2CC2)cc1.I. The average molecular weight is 488 g/mol. The molecule has 1 fully saturated rings. The van der Waals surface area contributed by atoms with Gasteiger partial charge in [0.25, 0.3) is 5.91 Å². The molecule has 1 aromatic carbocycles. The van der Waals surface area contributed by atoms with Crippen LogP contribution in [0.3, 0.4) is 0 Å². The summed E-state index contributed by atoms with van der Waals surface area (Å²) < 4.78 is 5.53. The zero-order valence-electron chi connectivity index (χ0n) is 16.7. The van der Waals surface area contributed by atoms with Crippen LogP contribution < -0.4 is 15.4 Å². The van der Waals surface area contributed by atoms with Gasteiger partial charge >= 0.3 is 0 Å². The number of amides is 1. The van der Waals surface area contributed by atoms with Crippen LogP contribution in [0.15, 0.2) is 29.3 Å². The number of aliphatic imine (C=N–C) groups is 1. The van der Waals surface area contributed by atoms with Crippen LogP contribution in [0.25, 0.3) is 0 Å². The van der Waals surface area contributed by atoms with E-state index in [0.29, 0.717) is 6.04 Å². The minimum Gasteiger partial charge on any atom is -0.484 e. The quantitative estimate of drug-likeness (QED) is 0.302. The first kappa shape index (κ1) is 23.5. The molecular formula is C20H33IN4O2. The van der Waals surface area contributed by atoms with Crippen LogP contribution in [-0.2, 0) is 11.2 Å². The maximum atomic E-state index is 11.6. The van der Waals surface area contributed by atoms with Crippen molar-refractivity contribution in [3.05, 3.63) is 29.8 Å². The van der Waals surface area contributed by atoms with E-state index in [9.17, 15) is 4.79 Å². The summed E-state index contributed by atoms with van der Waals surface area (Å²) in [6.07, 6.45) is 5.43. The number of halogens is 1. The van der Waals surface area contributed by atoms with Crippen molar-refractivity contribution < 1.29 is 9.53 Å². The van der Waals surface area contributed by atoms with E-state index in [2.05, 4.69) is 34.5 Å². The van der Waals surface area contributed by atoms with E-state index in [1.54, 1.807) is 0 Å². The van der Waals surface area contributed by atoms with Gasteiger partial charge in [0.2, 0.25) is 0 Å². The summed E-state index contributed by atoms with van der Waals surface area (Å²) in [6.45, 7) is 4.11. The lowest BCUT2D eigenvalue weighted by Gasteiger charge is -2.21. The Labute approximate surface area is 180 Å². The van der Waals surface area contributed by atoms with E-state index in [-0.39, 0.29) is 36.5 Å². The van der Waals surface area contributed by atoms with E-state index in [0.717, 1.165) is 50.5 Å². The number of hydrogen-bond donors (Lipinski definition) is 2. The summed E-state index contributed by atoms with van der Waals surface area (Å²) in [7, 11) is 3.88. The molecule has 0 unspecified atom stereocenters. The van der Waals surface area contributed by atoms with Crippen molar-refractivity contribution in [3.63, 3.8) is 0 Å². The molecule has 1 amide bonds. The van der Waals surface area contributed by atoms with Crippen molar-refractivity contribution in [2.45, 2.75) is 45.1 Å². The number of carbonyl (C=O) groups excluding carboxylic acids is 1. The molecule has 0 radical (unpaired) electrons. The number of carbonyl (C=O) groups is 1. The van der Waals surface area contributed by atoms with Crippen molar-refractivity contribution in [2.24, 2.45) is 4.99 Å². The van der Waals surface area contributed by atoms with Crippen LogP contribution in [0.1, 0.15) is 38.2 Å². The third-order valence-corrected chi connectivity index (χ3v) is 4.35. The van der Waals surface area contributed by atoms with Crippen LogP contribution in [0.2, 0.25) is 0 Å². The van der Waals surface area contributed by atoms with Crippen LogP contribution >= 0.6 is 24.0 Å². The summed E-state index contributed by atoms with van der Waals surface area (Å²) >= 11 is 0. The third kappa shape index (κ3) is 9.30. The topological polar surface area (TPSA) is 66.0 Å². The van der Waals surface area contributed by atoms with Gasteiger partial charge < -0.3 is 20.3 Å². The summed E-state index contributed by atoms with van der Waals surface area (Å²) in [5.74, 6) is 1.61. The molecule has 2 N–H and O–H groups in total. The molecule has 0 aromatic heterocycles. The highest BCUT2D eigenvalue weighted by Gasteiger charge is 2.23. The molecule has 1 saturated carbocycles. The van der Waals surface area contributed by atoms with Crippen molar-refractivity contribution in [3.8, 4) is 5.75 Å². The Kier molecular flexibility index (Phi) is 11.2. The van der Waals surface area contributed by atoms with Gasteiger partial charge in [-0.3, -0.25) is 9.79 Å². The van der Waals surface area contributed by atoms with Gasteiger partial charge in [-0.1, -0.05) is 25.5 Å². The smallest absolute Gasteiger partial charge is 0.258 e. The molecular weight excluding hydrogens is 455 g/mol. The van der Waals surface area contributed by atoms with Crippen molar-refractivity contribution in [1.29, 1.82) is 0 Å². The van der Waals surface area contributed by atoms with Gasteiger partial charge in [0.15, 0.2) is 12.6 Å². The first-order chi connectivity index (χ1) is 12.6. The van der Waals surface area contributed by atoms with Gasteiger partial charge in [0.1, 0.15) is 5.75 Å². The molecule has 1 aliphatic rings. The maximum absolute atomic E-state index is 11.6. The molecule has 6 nitrogen and oxygen atoms in total. The number of ether oxygens (including phenoxy) is 1. The summed E-state index contributed by atoms with van der Waals surface area (Å²) in [6, 6.07) is 8.29. The highest BCUT2D eigenvalue weighted by atomic mass is 127. The monoisotopic (exact) mass is 488 g/mol. The normalized spacial score (nSPS) is 13.5. The van der Waals surface area contributed by atoms with Crippen LogP contribution in [-0.4, -0.2) is 56.6 Å². The molecule has 1 aliphatic carbocycles. The second kappa shape index (κ2) is 12.8. The highest BCUT2D eigenvalue weighted by Crippen LogP contribution is 2.18. The molecule has 152 valence electrons. The maximum Gasteiger partial charge on any atom is 0.258 e. The lowest BCUT2D eigenvalue weighted by atomic mass is 10.1. The number of benzene rings is 1. The minimum absolute atomic E-state index is 0. The van der Waals surface area contributed by atoms with E-state index < -0.39 is 0 Å². The van der Waals surface area contributed by atoms with Crippen molar-refractivity contribution >= 4 is 35.8 Å². The van der Waals surface area contributed by atoms with Crippen LogP contribution in [0, 0.1) is 0 Å². The molecule has 0 atom stereocenters. The van der Waals surface area contributed by atoms with Crippen LogP contribution in [0.4, 0.5) is 0 Å². The Morgan fingerprint density at radius 2 is 2.00 bits per heavy atom. The fourth-order valence-electron chi connectivity index (χ4n) is 2.60. The van der Waals surface area contributed by atoms with E-state index in [4.69, 9.17) is 4.74 Å². The molecule has 2 rings (SSSR count). The summed E-state index contributed by atoms with van der Waals surface area (Å²) in [5.41, 5.74) is 1.22. The Balaban J connectivity index is 0.00000364. The predicted molar refractivity (Wildman–Crippen MR) is 121 cm³/mol. The number of hydrogen-bond acceptors (Lipinski definition) is 3. The lowest BCUT2D eigenvalue weighted by molar-refractivity contribution is -0.123. The molecule has 0 bridgehead atoms. The zero-order chi connectivity index (χ0) is 18.8. The molecule has 1 aromatic rings. The van der Waals surface area contributed by atoms with Gasteiger partial charge in [-0.25, -0.2) is 0 Å². The fraction of sp³-hybridized carbons (Fsp3) is 0.600. The Morgan fingerprint density at radius 3 is 2.59 bits per heavy atom. The number of nitrogens with one attached hydrogen (secondary N) is 2. The first-order valence-electron chi connectivity index (χ1n) is 9.55. The Bertz CT molecular complexity index is 588. The van der Waals surface area contributed by atoms with E-state index >= 15 is 0 Å². The standard InChI is InChI=1S/C20H32N4O2.HI/c1-4-5-14-24(3)20(21-2)22-13-12-16-6-10-18(11-7-16)26-15-19(25)23-17-8-9-17;/h6-7,10-11,17H,4-5,8-9,12-15H2,1-3H3,(H,21,22)(H,23,25);1H. The van der Waals surface area contributed by atoms with Gasteiger partial charge in [-0.15, -0.1) is 24.0 Å². The number of guanidine groups is 1. The second-order valence-electron chi connectivity index (χ2n) is 6.77. The number of nitrogens with zero attached hydrogens (tertiary/aromatic N) is 2. The minimum atomic E-state index is -0.0423.